The summed E-state index contributed by atoms with van der Waals surface area (Å²) in [5.74, 6) is 3.22. The minimum absolute atomic E-state index is 0.339. The molecular weight excluding hydrogens is 266 g/mol. The van der Waals surface area contributed by atoms with E-state index in [9.17, 15) is 4.79 Å². The maximum atomic E-state index is 12.0. The normalized spacial score (nSPS) is 13.9. The van der Waals surface area contributed by atoms with Crippen molar-refractivity contribution in [3.8, 4) is 0 Å². The summed E-state index contributed by atoms with van der Waals surface area (Å²) >= 11 is 5.18. The Balaban J connectivity index is 2.31. The van der Waals surface area contributed by atoms with Crippen LogP contribution in [0.4, 0.5) is 0 Å². The zero-order chi connectivity index (χ0) is 14.0. The van der Waals surface area contributed by atoms with Crippen molar-refractivity contribution < 1.29 is 15.4 Å². The summed E-state index contributed by atoms with van der Waals surface area (Å²) in [5.41, 5.74) is 5.05. The molecule has 0 aliphatic carbocycles. The summed E-state index contributed by atoms with van der Waals surface area (Å²) in [7, 11) is 1.76. The number of ether oxygens (including phenoxy) is 1. The van der Waals surface area contributed by atoms with E-state index in [1.807, 2.05) is 4.90 Å². The first-order valence-corrected chi connectivity index (χ1v) is 6.53. The van der Waals surface area contributed by atoms with Crippen LogP contribution < -0.4 is 11.3 Å². The average Bonchev–Trinajstić information content (AvgIpc) is 2.72. The van der Waals surface area contributed by atoms with Gasteiger partial charge in [-0.25, -0.2) is 10.2 Å². The number of aromatic nitrogens is 2. The van der Waals surface area contributed by atoms with Gasteiger partial charge in [-0.2, -0.15) is 5.10 Å². The van der Waals surface area contributed by atoms with Crippen LogP contribution in [0.3, 0.4) is 0 Å². The summed E-state index contributed by atoms with van der Waals surface area (Å²) in [6.45, 7) is 3.46. The Kier molecular flexibility index (Phi) is 4.01. The minimum Gasteiger partial charge on any atom is -0.461 e. The van der Waals surface area contributed by atoms with Gasteiger partial charge in [0.2, 0.25) is 5.11 Å². The molecule has 0 bridgehead atoms. The first-order valence-electron chi connectivity index (χ1n) is 6.12. The van der Waals surface area contributed by atoms with E-state index in [0.717, 1.165) is 24.2 Å². The molecule has 1 aromatic rings. The van der Waals surface area contributed by atoms with Crippen LogP contribution in [0.15, 0.2) is 0 Å². The summed E-state index contributed by atoms with van der Waals surface area (Å²) in [6, 6.07) is 0. The standard InChI is InChI=1S/C11H17N5O2S/c1-3-18-10(17)9-7-6-16(11(19)13-12)5-4-8(7)14-15(9)2/h3-6,12H2,1-2H3,(H,13,19)/p+1. The second-order valence-electron chi connectivity index (χ2n) is 4.27. The number of carbonyl (C=O) groups is 1. The summed E-state index contributed by atoms with van der Waals surface area (Å²) in [5, 5.41) is 4.96. The number of carbonyl (C=O) groups excluding carboxylic acids is 1. The van der Waals surface area contributed by atoms with Crippen LogP contribution in [0.25, 0.3) is 0 Å². The van der Waals surface area contributed by atoms with Crippen LogP contribution in [0, 0.1) is 0 Å². The predicted octanol–water partition coefficient (Wildman–Crippen LogP) is -1.01. The van der Waals surface area contributed by atoms with Crippen molar-refractivity contribution in [1.29, 1.82) is 0 Å². The third kappa shape index (κ3) is 2.54. The molecule has 0 fully saturated rings. The highest BCUT2D eigenvalue weighted by atomic mass is 32.1. The van der Waals surface area contributed by atoms with Crippen molar-refractivity contribution in [2.24, 2.45) is 7.05 Å². The minimum atomic E-state index is -0.339. The highest BCUT2D eigenvalue weighted by Gasteiger charge is 2.28. The fourth-order valence-corrected chi connectivity index (χ4v) is 2.40. The molecule has 8 heteroatoms. The fourth-order valence-electron chi connectivity index (χ4n) is 2.24. The van der Waals surface area contributed by atoms with Crippen LogP contribution in [-0.2, 0) is 24.8 Å². The molecule has 2 rings (SSSR count). The molecule has 0 saturated carbocycles. The summed E-state index contributed by atoms with van der Waals surface area (Å²) in [6.07, 6.45) is 0.754. The number of aryl methyl sites for hydroxylation is 1. The monoisotopic (exact) mass is 284 g/mol. The van der Waals surface area contributed by atoms with Crippen LogP contribution in [0.2, 0.25) is 0 Å². The molecule has 0 saturated heterocycles. The van der Waals surface area contributed by atoms with Crippen molar-refractivity contribution in [3.63, 3.8) is 0 Å². The molecule has 4 N–H and O–H groups in total. The highest BCUT2D eigenvalue weighted by molar-refractivity contribution is 7.80. The number of nitrogens with zero attached hydrogens (tertiary/aromatic N) is 3. The number of quaternary nitrogens is 1. The molecule has 0 radical (unpaired) electrons. The lowest BCUT2D eigenvalue weighted by atomic mass is 10.1. The molecule has 1 aliphatic rings. The van der Waals surface area contributed by atoms with Gasteiger partial charge < -0.3 is 9.64 Å². The van der Waals surface area contributed by atoms with Crippen LogP contribution in [0.1, 0.15) is 28.7 Å². The Labute approximate surface area is 116 Å². The molecular formula is C11H18N5O2S+. The Morgan fingerprint density at radius 1 is 1.63 bits per heavy atom. The predicted molar refractivity (Wildman–Crippen MR) is 71.9 cm³/mol. The van der Waals surface area contributed by atoms with Gasteiger partial charge in [-0.05, 0) is 19.1 Å². The van der Waals surface area contributed by atoms with E-state index in [0.29, 0.717) is 24.0 Å². The molecule has 0 atom stereocenters. The van der Waals surface area contributed by atoms with Crippen molar-refractivity contribution in [2.45, 2.75) is 19.9 Å². The Morgan fingerprint density at radius 3 is 3.00 bits per heavy atom. The highest BCUT2D eigenvalue weighted by Crippen LogP contribution is 2.22. The number of hydrogen-bond acceptors (Lipinski definition) is 4. The van der Waals surface area contributed by atoms with E-state index in [1.165, 1.54) is 0 Å². The van der Waals surface area contributed by atoms with Crippen molar-refractivity contribution >= 4 is 23.3 Å². The molecule has 19 heavy (non-hydrogen) atoms. The first-order chi connectivity index (χ1) is 9.08. The van der Waals surface area contributed by atoms with Crippen LogP contribution >= 0.6 is 12.2 Å². The molecule has 0 amide bonds. The molecule has 0 unspecified atom stereocenters. The summed E-state index contributed by atoms with van der Waals surface area (Å²) < 4.78 is 6.67. The average molecular weight is 284 g/mol. The molecule has 104 valence electrons. The van der Waals surface area contributed by atoms with Crippen LogP contribution in [0.5, 0.6) is 0 Å². The maximum absolute atomic E-state index is 12.0. The number of nitrogens with one attached hydrogen (secondary N) is 1. The molecule has 1 aromatic heterocycles. The van der Waals surface area contributed by atoms with E-state index in [2.05, 4.69) is 16.4 Å². The maximum Gasteiger partial charge on any atom is 0.356 e. The third-order valence-corrected chi connectivity index (χ3v) is 3.51. The van der Waals surface area contributed by atoms with Gasteiger partial charge in [0.1, 0.15) is 0 Å². The second kappa shape index (κ2) is 5.54. The number of fused-ring (bicyclic) bond motifs is 1. The lowest BCUT2D eigenvalue weighted by molar-refractivity contribution is -0.420. The van der Waals surface area contributed by atoms with Gasteiger partial charge in [0.05, 0.1) is 12.3 Å². The molecule has 0 spiro atoms. The van der Waals surface area contributed by atoms with Gasteiger partial charge in [-0.15, -0.1) is 0 Å². The van der Waals surface area contributed by atoms with Crippen molar-refractivity contribution in [2.75, 3.05) is 13.2 Å². The molecule has 7 nitrogen and oxygen atoms in total. The molecule has 2 heterocycles. The van der Waals surface area contributed by atoms with E-state index < -0.39 is 0 Å². The van der Waals surface area contributed by atoms with E-state index >= 15 is 0 Å². The lowest BCUT2D eigenvalue weighted by Gasteiger charge is -2.27. The van der Waals surface area contributed by atoms with Gasteiger partial charge in [0.25, 0.3) is 0 Å². The molecule has 1 aliphatic heterocycles. The second-order valence-corrected chi connectivity index (χ2v) is 4.66. The topological polar surface area (TPSA) is 87.0 Å². The van der Waals surface area contributed by atoms with E-state index in [1.54, 1.807) is 18.7 Å². The van der Waals surface area contributed by atoms with Crippen LogP contribution in [-0.4, -0.2) is 38.9 Å². The van der Waals surface area contributed by atoms with Crippen molar-refractivity contribution in [1.82, 2.24) is 20.1 Å². The lowest BCUT2D eigenvalue weighted by Crippen LogP contribution is -2.69. The Hall–Kier alpha value is -1.67. The number of thiocarbonyl (C=S) groups is 1. The number of rotatable bonds is 2. The Bertz CT molecular complexity index is 513. The van der Waals surface area contributed by atoms with Gasteiger partial charge >= 0.3 is 5.97 Å². The largest absolute Gasteiger partial charge is 0.461 e. The van der Waals surface area contributed by atoms with Gasteiger partial charge in [0, 0.05) is 32.1 Å². The smallest absolute Gasteiger partial charge is 0.356 e. The van der Waals surface area contributed by atoms with Crippen molar-refractivity contribution in [3.05, 3.63) is 17.0 Å². The number of esters is 1. The van der Waals surface area contributed by atoms with Gasteiger partial charge in [0.15, 0.2) is 5.69 Å². The zero-order valence-electron chi connectivity index (χ0n) is 11.1. The SMILES string of the molecule is CCOC(=O)c1c2c(nn1C)CCN(C(=S)N[NH3+])C2. The van der Waals surface area contributed by atoms with Gasteiger partial charge in [-0.3, -0.25) is 10.5 Å². The van der Waals surface area contributed by atoms with Gasteiger partial charge in [-0.1, -0.05) is 0 Å². The first kappa shape index (κ1) is 13.8. The quantitative estimate of drug-likeness (QED) is 0.411. The Morgan fingerprint density at radius 2 is 2.37 bits per heavy atom. The fraction of sp³-hybridized carbons (Fsp3) is 0.545. The third-order valence-electron chi connectivity index (χ3n) is 3.10. The van der Waals surface area contributed by atoms with E-state index in [4.69, 9.17) is 17.0 Å². The number of hydrogen-bond donors (Lipinski definition) is 2. The van der Waals surface area contributed by atoms with E-state index in [-0.39, 0.29) is 5.97 Å². The molecule has 0 aromatic carbocycles. The summed E-state index contributed by atoms with van der Waals surface area (Å²) in [4.78, 5) is 13.9. The zero-order valence-corrected chi connectivity index (χ0v) is 11.9.